The number of hydrogen-bond acceptors (Lipinski definition) is 3. The summed E-state index contributed by atoms with van der Waals surface area (Å²) in [6, 6.07) is 0. The van der Waals surface area contributed by atoms with Gasteiger partial charge in [0.2, 0.25) is 0 Å². The highest BCUT2D eigenvalue weighted by Crippen LogP contribution is 2.32. The van der Waals surface area contributed by atoms with Crippen molar-refractivity contribution in [3.63, 3.8) is 0 Å². The summed E-state index contributed by atoms with van der Waals surface area (Å²) in [5.74, 6) is -1.66. The van der Waals surface area contributed by atoms with E-state index in [1.54, 1.807) is 19.1 Å². The van der Waals surface area contributed by atoms with Crippen molar-refractivity contribution in [2.24, 2.45) is 11.7 Å². The summed E-state index contributed by atoms with van der Waals surface area (Å²) < 4.78 is 5.18. The number of carbonyl (C=O) groups is 1. The lowest BCUT2D eigenvalue weighted by atomic mass is 9.72. The maximum Gasteiger partial charge on any atom is 0.312 e. The number of carboxylic acid groups (broad SMARTS) is 1. The lowest BCUT2D eigenvalue weighted by molar-refractivity contribution is -0.143. The van der Waals surface area contributed by atoms with Crippen LogP contribution in [0.15, 0.2) is 23.8 Å². The molecule has 0 heterocycles. The van der Waals surface area contributed by atoms with E-state index >= 15 is 0 Å². The summed E-state index contributed by atoms with van der Waals surface area (Å²) in [5, 5.41) is 9.12. The maximum atomic E-state index is 11.1. The third kappa shape index (κ3) is 1.82. The van der Waals surface area contributed by atoms with Gasteiger partial charge in [-0.1, -0.05) is 18.2 Å². The Balaban J connectivity index is 3.14. The molecule has 0 aromatic rings. The molecular weight excluding hydrogens is 194 g/mol. The van der Waals surface area contributed by atoms with Crippen molar-refractivity contribution in [3.05, 3.63) is 23.8 Å². The van der Waals surface area contributed by atoms with E-state index in [-0.39, 0.29) is 6.10 Å². The molecule has 1 aliphatic rings. The van der Waals surface area contributed by atoms with Gasteiger partial charge in [0.1, 0.15) is 0 Å². The molecule has 0 radical (unpaired) electrons. The lowest BCUT2D eigenvalue weighted by Gasteiger charge is -2.40. The minimum absolute atomic E-state index is 0.347. The number of methoxy groups -OCH3 is 1. The van der Waals surface area contributed by atoms with Gasteiger partial charge in [-0.15, -0.1) is 0 Å². The number of rotatable bonds is 3. The summed E-state index contributed by atoms with van der Waals surface area (Å²) in [6.45, 7) is 3.61. The van der Waals surface area contributed by atoms with Crippen LogP contribution < -0.4 is 5.73 Å². The van der Waals surface area contributed by atoms with E-state index in [0.717, 1.165) is 5.57 Å². The van der Waals surface area contributed by atoms with Crippen LogP contribution in [0.3, 0.4) is 0 Å². The van der Waals surface area contributed by atoms with Gasteiger partial charge in [0.25, 0.3) is 0 Å². The molecule has 0 fully saturated rings. The zero-order valence-corrected chi connectivity index (χ0v) is 9.23. The van der Waals surface area contributed by atoms with Crippen LogP contribution in [0.1, 0.15) is 13.8 Å². The number of ether oxygens (including phenoxy) is 1. The molecule has 0 aromatic heterocycles. The Hall–Kier alpha value is -1.13. The molecule has 4 nitrogen and oxygen atoms in total. The topological polar surface area (TPSA) is 72.5 Å². The normalized spacial score (nSPS) is 32.3. The zero-order valence-electron chi connectivity index (χ0n) is 9.23. The highest BCUT2D eigenvalue weighted by molar-refractivity contribution is 5.76. The SMILES string of the molecule is COC(C)C1(N)C(C)=CC=CC1C(=O)O. The molecule has 3 atom stereocenters. The molecule has 4 heteroatoms. The Kier molecular flexibility index (Phi) is 3.31. The van der Waals surface area contributed by atoms with Crippen LogP contribution in [0, 0.1) is 5.92 Å². The van der Waals surface area contributed by atoms with Gasteiger partial charge in [-0.3, -0.25) is 4.79 Å². The first-order chi connectivity index (χ1) is 6.94. The van der Waals surface area contributed by atoms with Gasteiger partial charge in [0.05, 0.1) is 17.6 Å². The van der Waals surface area contributed by atoms with Gasteiger partial charge >= 0.3 is 5.97 Å². The second kappa shape index (κ2) is 4.16. The third-order valence-electron chi connectivity index (χ3n) is 3.14. The average Bonchev–Trinajstić information content (AvgIpc) is 2.20. The summed E-state index contributed by atoms with van der Waals surface area (Å²) in [6.07, 6.45) is 4.81. The van der Waals surface area contributed by atoms with E-state index in [2.05, 4.69) is 0 Å². The predicted molar refractivity (Wildman–Crippen MR) is 57.4 cm³/mol. The molecule has 3 N–H and O–H groups in total. The quantitative estimate of drug-likeness (QED) is 0.728. The Morgan fingerprint density at radius 3 is 2.80 bits per heavy atom. The second-order valence-electron chi connectivity index (χ2n) is 3.86. The van der Waals surface area contributed by atoms with E-state index in [1.807, 2.05) is 13.0 Å². The molecule has 0 saturated heterocycles. The molecule has 0 saturated carbocycles. The highest BCUT2D eigenvalue weighted by atomic mass is 16.5. The number of hydrogen-bond donors (Lipinski definition) is 2. The van der Waals surface area contributed by atoms with Crippen molar-refractivity contribution < 1.29 is 14.6 Å². The molecule has 3 unspecified atom stereocenters. The van der Waals surface area contributed by atoms with Gasteiger partial charge in [0.15, 0.2) is 0 Å². The van der Waals surface area contributed by atoms with E-state index in [4.69, 9.17) is 15.6 Å². The van der Waals surface area contributed by atoms with Crippen LogP contribution in [-0.2, 0) is 9.53 Å². The minimum atomic E-state index is -0.963. The molecule has 1 rings (SSSR count). The third-order valence-corrected chi connectivity index (χ3v) is 3.14. The van der Waals surface area contributed by atoms with Crippen LogP contribution in [0.25, 0.3) is 0 Å². The van der Waals surface area contributed by atoms with Gasteiger partial charge in [-0.25, -0.2) is 0 Å². The fourth-order valence-electron chi connectivity index (χ4n) is 1.91. The van der Waals surface area contributed by atoms with Crippen molar-refractivity contribution in [2.75, 3.05) is 7.11 Å². The molecule has 0 aliphatic heterocycles. The fraction of sp³-hybridized carbons (Fsp3) is 0.545. The lowest BCUT2D eigenvalue weighted by Crippen LogP contribution is -2.59. The first kappa shape index (κ1) is 11.9. The first-order valence-corrected chi connectivity index (χ1v) is 4.84. The van der Waals surface area contributed by atoms with Crippen molar-refractivity contribution in [1.29, 1.82) is 0 Å². The van der Waals surface area contributed by atoms with Gasteiger partial charge < -0.3 is 15.6 Å². The zero-order chi connectivity index (χ0) is 11.6. The van der Waals surface area contributed by atoms with Gasteiger partial charge in [0, 0.05) is 7.11 Å². The molecule has 84 valence electrons. The van der Waals surface area contributed by atoms with E-state index in [9.17, 15) is 4.79 Å². The van der Waals surface area contributed by atoms with Crippen LogP contribution in [0.5, 0.6) is 0 Å². The molecule has 1 aliphatic carbocycles. The maximum absolute atomic E-state index is 11.1. The van der Waals surface area contributed by atoms with Crippen molar-refractivity contribution in [3.8, 4) is 0 Å². The molecule has 15 heavy (non-hydrogen) atoms. The molecule has 0 aromatic carbocycles. The van der Waals surface area contributed by atoms with Gasteiger partial charge in [-0.05, 0) is 19.4 Å². The smallest absolute Gasteiger partial charge is 0.312 e. The predicted octanol–water partition coefficient (Wildman–Crippen LogP) is 0.936. The monoisotopic (exact) mass is 211 g/mol. The molecule has 0 spiro atoms. The molecule has 0 amide bonds. The van der Waals surface area contributed by atoms with Gasteiger partial charge in [-0.2, -0.15) is 0 Å². The summed E-state index contributed by atoms with van der Waals surface area (Å²) in [7, 11) is 1.53. The standard InChI is InChI=1S/C11H17NO3/c1-7-5-4-6-9(10(13)14)11(7,12)8(2)15-3/h4-6,8-9H,12H2,1-3H3,(H,13,14). The van der Waals surface area contributed by atoms with E-state index in [0.29, 0.717) is 0 Å². The number of aliphatic carboxylic acids is 1. The average molecular weight is 211 g/mol. The molecule has 0 bridgehead atoms. The Labute approximate surface area is 89.4 Å². The van der Waals surface area contributed by atoms with Crippen LogP contribution in [-0.4, -0.2) is 29.8 Å². The Morgan fingerprint density at radius 1 is 1.73 bits per heavy atom. The van der Waals surface area contributed by atoms with Crippen molar-refractivity contribution >= 4 is 5.97 Å². The summed E-state index contributed by atoms with van der Waals surface area (Å²) in [4.78, 5) is 11.1. The fourth-order valence-corrected chi connectivity index (χ4v) is 1.91. The highest BCUT2D eigenvalue weighted by Gasteiger charge is 2.45. The van der Waals surface area contributed by atoms with Crippen LogP contribution >= 0.6 is 0 Å². The van der Waals surface area contributed by atoms with Crippen LogP contribution in [0.4, 0.5) is 0 Å². The van der Waals surface area contributed by atoms with E-state index in [1.165, 1.54) is 7.11 Å². The van der Waals surface area contributed by atoms with Crippen LogP contribution in [0.2, 0.25) is 0 Å². The Morgan fingerprint density at radius 2 is 2.33 bits per heavy atom. The number of allylic oxidation sites excluding steroid dienone is 2. The van der Waals surface area contributed by atoms with Crippen molar-refractivity contribution in [1.82, 2.24) is 0 Å². The number of nitrogens with two attached hydrogens (primary N) is 1. The summed E-state index contributed by atoms with van der Waals surface area (Å²) in [5.41, 5.74) is 6.04. The number of carboxylic acids is 1. The minimum Gasteiger partial charge on any atom is -0.481 e. The summed E-state index contributed by atoms with van der Waals surface area (Å²) >= 11 is 0. The van der Waals surface area contributed by atoms with E-state index < -0.39 is 17.4 Å². The van der Waals surface area contributed by atoms with Crippen molar-refractivity contribution in [2.45, 2.75) is 25.5 Å². The second-order valence-corrected chi connectivity index (χ2v) is 3.86. The molecular formula is C11H17NO3. The Bertz CT molecular complexity index is 322. The largest absolute Gasteiger partial charge is 0.481 e. The first-order valence-electron chi connectivity index (χ1n) is 4.84.